The van der Waals surface area contributed by atoms with Crippen LogP contribution in [-0.4, -0.2) is 10.5 Å². The molecule has 5 aromatic carbocycles. The van der Waals surface area contributed by atoms with Crippen LogP contribution >= 0.6 is 7.14 Å². The fourth-order valence-electron chi connectivity index (χ4n) is 6.09. The van der Waals surface area contributed by atoms with Gasteiger partial charge in [0.05, 0.1) is 6.54 Å². The first-order valence-corrected chi connectivity index (χ1v) is 15.8. The number of rotatable bonds is 7. The zero-order valence-electron chi connectivity index (χ0n) is 22.5. The summed E-state index contributed by atoms with van der Waals surface area (Å²) in [5.74, 6) is 0.0386. The van der Waals surface area contributed by atoms with Gasteiger partial charge in [0.2, 0.25) is 0 Å². The van der Waals surface area contributed by atoms with Gasteiger partial charge in [-0.05, 0) is 23.3 Å². The first-order chi connectivity index (χ1) is 20.1. The fraction of sp³-hybridized carbons (Fsp3) is 0.0833. The lowest BCUT2D eigenvalue weighted by Crippen LogP contribution is -2.30. The van der Waals surface area contributed by atoms with Gasteiger partial charge in [-0.1, -0.05) is 127 Å². The molecule has 41 heavy (non-hydrogen) atoms. The van der Waals surface area contributed by atoms with Crippen molar-refractivity contribution in [3.63, 3.8) is 0 Å². The van der Waals surface area contributed by atoms with Crippen molar-refractivity contribution in [1.82, 2.24) is 4.57 Å². The molecule has 1 aromatic heterocycles. The maximum Gasteiger partial charge on any atom is 0.255 e. The van der Waals surface area contributed by atoms with E-state index in [1.165, 1.54) is 0 Å². The molecule has 0 radical (unpaired) electrons. The maximum atomic E-state index is 15.0. The second kappa shape index (κ2) is 10.4. The predicted octanol–water partition coefficient (Wildman–Crippen LogP) is 7.29. The molecule has 4 nitrogen and oxygen atoms in total. The van der Waals surface area contributed by atoms with E-state index in [2.05, 4.69) is 41.1 Å². The van der Waals surface area contributed by atoms with Crippen LogP contribution in [0.15, 0.2) is 146 Å². The molecule has 1 aliphatic rings. The lowest BCUT2D eigenvalue weighted by molar-refractivity contribution is -0.119. The van der Waals surface area contributed by atoms with E-state index in [1.54, 1.807) is 0 Å². The monoisotopic (exact) mass is 552 g/mol. The molecule has 0 N–H and O–H groups in total. The number of carbonyl (C=O) groups is 1. The summed E-state index contributed by atoms with van der Waals surface area (Å²) in [5, 5.41) is 2.69. The highest BCUT2D eigenvalue weighted by molar-refractivity contribution is 7.78. The zero-order chi connectivity index (χ0) is 27.8. The van der Waals surface area contributed by atoms with E-state index in [-0.39, 0.29) is 5.91 Å². The van der Waals surface area contributed by atoms with Gasteiger partial charge in [0.15, 0.2) is 0 Å². The normalized spacial score (nSPS) is 14.9. The summed E-state index contributed by atoms with van der Waals surface area (Å²) in [6, 6.07) is 45.4. The third kappa shape index (κ3) is 4.41. The Morgan fingerprint density at radius 2 is 1.20 bits per heavy atom. The second-order valence-electron chi connectivity index (χ2n) is 10.5. The number of amides is 1. The number of hydrogen-bond acceptors (Lipinski definition) is 2. The average molecular weight is 553 g/mol. The topological polar surface area (TPSA) is 42.3 Å². The Morgan fingerprint density at radius 3 is 1.88 bits per heavy atom. The van der Waals surface area contributed by atoms with Crippen LogP contribution in [0.25, 0.3) is 10.9 Å². The summed E-state index contributed by atoms with van der Waals surface area (Å²) in [4.78, 5) is 16.1. The van der Waals surface area contributed by atoms with Crippen molar-refractivity contribution in [2.24, 2.45) is 0 Å². The average Bonchev–Trinajstić information content (AvgIpc) is 3.52. The highest BCUT2D eigenvalue weighted by Crippen LogP contribution is 2.49. The van der Waals surface area contributed by atoms with Crippen molar-refractivity contribution in [2.45, 2.75) is 18.7 Å². The summed E-state index contributed by atoms with van der Waals surface area (Å²) in [5.41, 5.74) is 4.94. The van der Waals surface area contributed by atoms with Crippen LogP contribution < -0.4 is 15.5 Å². The highest BCUT2D eigenvalue weighted by atomic mass is 31.2. The zero-order valence-corrected chi connectivity index (χ0v) is 23.4. The van der Waals surface area contributed by atoms with Gasteiger partial charge in [-0.3, -0.25) is 4.79 Å². The molecule has 5 heteroatoms. The molecular weight excluding hydrogens is 523 g/mol. The molecule has 200 valence electrons. The number of hydrogen-bond donors (Lipinski definition) is 0. The number of carbonyl (C=O) groups excluding carboxylic acids is 1. The van der Waals surface area contributed by atoms with Crippen LogP contribution in [-0.2, 0) is 22.1 Å². The van der Waals surface area contributed by atoms with Gasteiger partial charge in [-0.15, -0.1) is 0 Å². The van der Waals surface area contributed by atoms with E-state index < -0.39 is 13.2 Å². The van der Waals surface area contributed by atoms with Gasteiger partial charge in [0.25, 0.3) is 5.91 Å². The summed E-state index contributed by atoms with van der Waals surface area (Å²) >= 11 is 0. The molecule has 0 fully saturated rings. The minimum atomic E-state index is -3.02. The molecule has 0 aliphatic carbocycles. The van der Waals surface area contributed by atoms with Gasteiger partial charge < -0.3 is 14.0 Å². The van der Waals surface area contributed by atoms with Crippen LogP contribution in [0.5, 0.6) is 0 Å². The predicted molar refractivity (Wildman–Crippen MR) is 168 cm³/mol. The molecular formula is C36H29N2O2P. The summed E-state index contributed by atoms with van der Waals surface area (Å²) in [7, 11) is -3.02. The van der Waals surface area contributed by atoms with Crippen LogP contribution in [0.4, 0.5) is 5.69 Å². The van der Waals surface area contributed by atoms with E-state index >= 15 is 0 Å². The first kappa shape index (κ1) is 25.3. The smallest absolute Gasteiger partial charge is 0.255 e. The lowest BCUT2D eigenvalue weighted by atomic mass is 10.1. The SMILES string of the molecule is O=C1C(n2cc(CP(=O)(c3ccccc3)c3ccccc3)c3ccccc32)c2ccccc2N1Cc1ccccc1. The third-order valence-corrected chi connectivity index (χ3v) is 11.1. The van der Waals surface area contributed by atoms with Gasteiger partial charge in [0.1, 0.15) is 13.2 Å². The minimum absolute atomic E-state index is 0.0386. The highest BCUT2D eigenvalue weighted by Gasteiger charge is 2.39. The number of nitrogens with zero attached hydrogens (tertiary/aromatic N) is 2. The van der Waals surface area contributed by atoms with E-state index in [0.717, 1.165) is 43.9 Å². The minimum Gasteiger partial charge on any atom is -0.330 e. The van der Waals surface area contributed by atoms with Crippen LogP contribution in [0.2, 0.25) is 0 Å². The number of fused-ring (bicyclic) bond motifs is 2. The molecule has 2 heterocycles. The van der Waals surface area contributed by atoms with Crippen LogP contribution in [0.1, 0.15) is 22.7 Å². The Kier molecular flexibility index (Phi) is 6.41. The molecule has 1 unspecified atom stereocenters. The van der Waals surface area contributed by atoms with Crippen molar-refractivity contribution in [3.8, 4) is 0 Å². The maximum absolute atomic E-state index is 15.0. The van der Waals surface area contributed by atoms with Crippen molar-refractivity contribution < 1.29 is 9.36 Å². The molecule has 1 atom stereocenters. The number of benzene rings is 5. The fourth-order valence-corrected chi connectivity index (χ4v) is 8.79. The van der Waals surface area contributed by atoms with Gasteiger partial charge in [-0.25, -0.2) is 0 Å². The standard InChI is InChI=1S/C36H29N2O2P/c39-36-35(32-21-11-13-23-34(32)38(36)24-27-14-4-1-5-15-27)37-25-28(31-20-10-12-22-33(31)37)26-41(40,29-16-6-2-7-17-29)30-18-8-3-9-19-30/h1-23,25,35H,24,26H2. The van der Waals surface area contributed by atoms with Crippen molar-refractivity contribution >= 4 is 40.2 Å². The van der Waals surface area contributed by atoms with Crippen molar-refractivity contribution in [1.29, 1.82) is 0 Å². The lowest BCUT2D eigenvalue weighted by Gasteiger charge is -2.19. The Balaban J connectivity index is 1.35. The van der Waals surface area contributed by atoms with E-state index in [4.69, 9.17) is 0 Å². The summed E-state index contributed by atoms with van der Waals surface area (Å²) in [6.07, 6.45) is 2.43. The molecule has 1 aliphatic heterocycles. The molecule has 6 aromatic rings. The molecule has 0 saturated heterocycles. The first-order valence-electron chi connectivity index (χ1n) is 13.9. The van der Waals surface area contributed by atoms with E-state index in [0.29, 0.717) is 12.7 Å². The Hall–Kier alpha value is -4.66. The van der Waals surface area contributed by atoms with Crippen molar-refractivity contribution in [2.75, 3.05) is 4.90 Å². The molecule has 0 bridgehead atoms. The molecule has 0 saturated carbocycles. The Labute approximate surface area is 239 Å². The molecule has 1 amide bonds. The number of anilines is 1. The largest absolute Gasteiger partial charge is 0.330 e. The third-order valence-electron chi connectivity index (χ3n) is 8.05. The van der Waals surface area contributed by atoms with Gasteiger partial charge >= 0.3 is 0 Å². The molecule has 0 spiro atoms. The molecule has 7 rings (SSSR count). The van der Waals surface area contributed by atoms with Crippen LogP contribution in [0.3, 0.4) is 0 Å². The van der Waals surface area contributed by atoms with Crippen molar-refractivity contribution in [3.05, 3.63) is 162 Å². The number of aromatic nitrogens is 1. The Morgan fingerprint density at radius 1 is 0.634 bits per heavy atom. The number of para-hydroxylation sites is 2. The quantitative estimate of drug-likeness (QED) is 0.195. The second-order valence-corrected chi connectivity index (χ2v) is 13.3. The Bertz CT molecular complexity index is 1860. The summed E-state index contributed by atoms with van der Waals surface area (Å²) in [6.45, 7) is 0.510. The van der Waals surface area contributed by atoms with E-state index in [9.17, 15) is 9.36 Å². The van der Waals surface area contributed by atoms with Crippen LogP contribution in [0, 0.1) is 0 Å². The van der Waals surface area contributed by atoms with Gasteiger partial charge in [-0.2, -0.15) is 0 Å². The summed E-state index contributed by atoms with van der Waals surface area (Å²) < 4.78 is 17.1. The van der Waals surface area contributed by atoms with E-state index in [1.807, 2.05) is 114 Å². The van der Waals surface area contributed by atoms with Gasteiger partial charge in [0, 0.05) is 45.1 Å².